The van der Waals surface area contributed by atoms with E-state index in [4.69, 9.17) is 9.47 Å². The Morgan fingerprint density at radius 2 is 1.83 bits per heavy atom. The van der Waals surface area contributed by atoms with Crippen LogP contribution < -0.4 is 14.4 Å². The Labute approximate surface area is 228 Å². The molecular weight excluding hydrogens is 593 g/mol. The van der Waals surface area contributed by atoms with Crippen molar-refractivity contribution in [3.8, 4) is 11.5 Å². The number of imide groups is 1. The van der Waals surface area contributed by atoms with Crippen LogP contribution in [0.3, 0.4) is 0 Å². The number of carbonyl (C=O) groups excluding carboxylic acids is 3. The van der Waals surface area contributed by atoms with Crippen molar-refractivity contribution < 1.29 is 23.9 Å². The van der Waals surface area contributed by atoms with Crippen LogP contribution in [0.15, 0.2) is 47.4 Å². The lowest BCUT2D eigenvalue weighted by atomic mass is 10.2. The molecule has 36 heavy (non-hydrogen) atoms. The number of para-hydroxylation sites is 1. The SMILES string of the molecule is CCCOc1c(I)cc(/C=C2\SC(=O)N(CC(=O)N3CCN(c4ccccc4)CC3)C2=O)cc1OC. The standard InChI is InChI=1S/C26H28IN3O5S/c1-3-13-35-24-20(27)14-18(15-21(24)34-2)16-22-25(32)30(26(33)36-22)17-23(31)29-11-9-28(10-12-29)19-7-5-4-6-8-19/h4-8,14-16H,3,9-13,17H2,1-2H3/b22-16-. The van der Waals surface area contributed by atoms with E-state index in [9.17, 15) is 14.4 Å². The molecule has 0 bridgehead atoms. The summed E-state index contributed by atoms with van der Waals surface area (Å²) in [7, 11) is 1.56. The maximum absolute atomic E-state index is 13.0. The molecule has 0 atom stereocenters. The molecule has 0 aromatic heterocycles. The number of hydrogen-bond donors (Lipinski definition) is 0. The molecule has 2 aliphatic rings. The van der Waals surface area contributed by atoms with Crippen LogP contribution in [0, 0.1) is 3.57 Å². The molecule has 2 aromatic rings. The third-order valence-corrected chi connectivity index (χ3v) is 7.63. The number of amides is 3. The van der Waals surface area contributed by atoms with Crippen LogP contribution in [0.4, 0.5) is 10.5 Å². The molecule has 2 aromatic carbocycles. The molecule has 2 aliphatic heterocycles. The molecule has 0 radical (unpaired) electrons. The molecule has 10 heteroatoms. The van der Waals surface area contributed by atoms with Crippen LogP contribution in [0.2, 0.25) is 0 Å². The number of nitrogens with zero attached hydrogens (tertiary/aromatic N) is 3. The average molecular weight is 621 g/mol. The summed E-state index contributed by atoms with van der Waals surface area (Å²) in [6, 6.07) is 13.7. The van der Waals surface area contributed by atoms with E-state index in [1.54, 1.807) is 24.2 Å². The lowest BCUT2D eigenvalue weighted by molar-refractivity contribution is -0.136. The highest BCUT2D eigenvalue weighted by Gasteiger charge is 2.37. The highest BCUT2D eigenvalue weighted by Crippen LogP contribution is 2.37. The third-order valence-electron chi connectivity index (χ3n) is 5.92. The topological polar surface area (TPSA) is 79.4 Å². The van der Waals surface area contributed by atoms with Gasteiger partial charge in [0.25, 0.3) is 11.1 Å². The van der Waals surface area contributed by atoms with E-state index in [1.807, 2.05) is 43.3 Å². The minimum atomic E-state index is -0.457. The van der Waals surface area contributed by atoms with Crippen molar-refractivity contribution in [1.29, 1.82) is 0 Å². The van der Waals surface area contributed by atoms with Crippen LogP contribution in [-0.4, -0.2) is 73.3 Å². The fourth-order valence-electron chi connectivity index (χ4n) is 4.04. The number of rotatable bonds is 8. The molecule has 4 rings (SSSR count). The van der Waals surface area contributed by atoms with Gasteiger partial charge < -0.3 is 19.3 Å². The van der Waals surface area contributed by atoms with Crippen LogP contribution in [0.1, 0.15) is 18.9 Å². The quantitative estimate of drug-likeness (QED) is 0.318. The Hall–Kier alpha value is -2.73. The Bertz CT molecular complexity index is 1170. The first-order chi connectivity index (χ1) is 17.4. The van der Waals surface area contributed by atoms with E-state index in [-0.39, 0.29) is 17.4 Å². The summed E-state index contributed by atoms with van der Waals surface area (Å²) < 4.78 is 12.1. The Morgan fingerprint density at radius 3 is 2.50 bits per heavy atom. The van der Waals surface area contributed by atoms with Gasteiger partial charge in [-0.2, -0.15) is 0 Å². The van der Waals surface area contributed by atoms with E-state index < -0.39 is 11.1 Å². The van der Waals surface area contributed by atoms with Gasteiger partial charge in [0.05, 0.1) is 22.2 Å². The zero-order valence-electron chi connectivity index (χ0n) is 20.2. The number of halogens is 1. The van der Waals surface area contributed by atoms with E-state index in [0.717, 1.165) is 32.3 Å². The van der Waals surface area contributed by atoms with Gasteiger partial charge in [-0.1, -0.05) is 25.1 Å². The lowest BCUT2D eigenvalue weighted by Gasteiger charge is -2.36. The smallest absolute Gasteiger partial charge is 0.294 e. The Balaban J connectivity index is 1.40. The maximum atomic E-state index is 13.0. The normalized spacial score (nSPS) is 17.2. The van der Waals surface area contributed by atoms with Gasteiger partial charge in [-0.15, -0.1) is 0 Å². The van der Waals surface area contributed by atoms with Crippen LogP contribution in [0.25, 0.3) is 6.08 Å². The van der Waals surface area contributed by atoms with Crippen LogP contribution >= 0.6 is 34.4 Å². The molecule has 0 aliphatic carbocycles. The van der Waals surface area contributed by atoms with E-state index in [1.165, 1.54) is 0 Å². The number of ether oxygens (including phenoxy) is 2. The van der Waals surface area contributed by atoms with E-state index >= 15 is 0 Å². The summed E-state index contributed by atoms with van der Waals surface area (Å²) in [5.74, 6) is 0.537. The molecule has 3 amide bonds. The van der Waals surface area contributed by atoms with E-state index in [0.29, 0.717) is 49.8 Å². The van der Waals surface area contributed by atoms with Gasteiger partial charge in [-0.25, -0.2) is 0 Å². The molecular formula is C26H28IN3O5S. The minimum absolute atomic E-state index is 0.222. The Morgan fingerprint density at radius 1 is 1.11 bits per heavy atom. The number of hydrogen-bond acceptors (Lipinski definition) is 7. The number of methoxy groups -OCH3 is 1. The zero-order valence-corrected chi connectivity index (χ0v) is 23.2. The molecule has 190 valence electrons. The predicted molar refractivity (Wildman–Crippen MR) is 149 cm³/mol. The highest BCUT2D eigenvalue weighted by atomic mass is 127. The van der Waals surface area contributed by atoms with Crippen molar-refractivity contribution in [2.75, 3.05) is 51.3 Å². The van der Waals surface area contributed by atoms with Crippen molar-refractivity contribution in [3.63, 3.8) is 0 Å². The number of piperazine rings is 1. The maximum Gasteiger partial charge on any atom is 0.294 e. The van der Waals surface area contributed by atoms with E-state index in [2.05, 4.69) is 27.5 Å². The lowest BCUT2D eigenvalue weighted by Crippen LogP contribution is -2.51. The van der Waals surface area contributed by atoms with Crippen molar-refractivity contribution in [3.05, 3.63) is 56.5 Å². The Kier molecular flexibility index (Phi) is 8.78. The van der Waals surface area contributed by atoms with Gasteiger partial charge in [0.2, 0.25) is 5.91 Å². The summed E-state index contributed by atoms with van der Waals surface area (Å²) in [4.78, 5) is 43.8. The molecule has 0 saturated carbocycles. The first-order valence-electron chi connectivity index (χ1n) is 11.7. The first-order valence-corrected chi connectivity index (χ1v) is 13.6. The van der Waals surface area contributed by atoms with Crippen molar-refractivity contribution >= 4 is 63.2 Å². The molecule has 0 N–H and O–H groups in total. The number of carbonyl (C=O) groups is 3. The van der Waals surface area contributed by atoms with Gasteiger partial charge in [0.15, 0.2) is 11.5 Å². The van der Waals surface area contributed by atoms with Crippen molar-refractivity contribution in [2.45, 2.75) is 13.3 Å². The zero-order chi connectivity index (χ0) is 25.7. The second kappa shape index (κ2) is 12.0. The number of benzene rings is 2. The molecule has 2 saturated heterocycles. The van der Waals surface area contributed by atoms with Crippen molar-refractivity contribution in [1.82, 2.24) is 9.80 Å². The van der Waals surface area contributed by atoms with Gasteiger partial charge in [0, 0.05) is 31.9 Å². The van der Waals surface area contributed by atoms with Crippen molar-refractivity contribution in [2.24, 2.45) is 0 Å². The fraction of sp³-hybridized carbons (Fsp3) is 0.346. The summed E-state index contributed by atoms with van der Waals surface area (Å²) in [6.07, 6.45) is 2.53. The second-order valence-corrected chi connectivity index (χ2v) is 10.5. The average Bonchev–Trinajstić information content (AvgIpc) is 3.15. The predicted octanol–water partition coefficient (Wildman–Crippen LogP) is 4.47. The first kappa shape index (κ1) is 26.3. The highest BCUT2D eigenvalue weighted by molar-refractivity contribution is 14.1. The largest absolute Gasteiger partial charge is 0.493 e. The summed E-state index contributed by atoms with van der Waals surface area (Å²) >= 11 is 3.01. The third kappa shape index (κ3) is 5.97. The molecule has 2 fully saturated rings. The second-order valence-electron chi connectivity index (χ2n) is 8.35. The fourth-order valence-corrected chi connectivity index (χ4v) is 5.66. The monoisotopic (exact) mass is 621 g/mol. The molecule has 0 spiro atoms. The minimum Gasteiger partial charge on any atom is -0.493 e. The van der Waals surface area contributed by atoms with Gasteiger partial charge in [-0.05, 0) is 76.7 Å². The molecule has 2 heterocycles. The van der Waals surface area contributed by atoms with Crippen LogP contribution in [-0.2, 0) is 9.59 Å². The molecule has 0 unspecified atom stereocenters. The van der Waals surface area contributed by atoms with Gasteiger partial charge in [-0.3, -0.25) is 19.3 Å². The summed E-state index contributed by atoms with van der Waals surface area (Å²) in [5.41, 5.74) is 1.84. The summed E-state index contributed by atoms with van der Waals surface area (Å²) in [6.45, 7) is 4.85. The van der Waals surface area contributed by atoms with Crippen LogP contribution in [0.5, 0.6) is 11.5 Å². The summed E-state index contributed by atoms with van der Waals surface area (Å²) in [5, 5.41) is -0.438. The van der Waals surface area contributed by atoms with Gasteiger partial charge >= 0.3 is 0 Å². The number of thioether (sulfide) groups is 1. The van der Waals surface area contributed by atoms with Gasteiger partial charge in [0.1, 0.15) is 6.54 Å². The molecule has 8 nitrogen and oxygen atoms in total. The number of anilines is 1.